The minimum Gasteiger partial charge on any atom is -0.452 e. The number of benzene rings is 2. The van der Waals surface area contributed by atoms with Gasteiger partial charge in [0.05, 0.1) is 18.8 Å². The van der Waals surface area contributed by atoms with E-state index in [-0.39, 0.29) is 5.56 Å². The summed E-state index contributed by atoms with van der Waals surface area (Å²) in [6, 6.07) is 12.5. The number of ether oxygens (including phenoxy) is 2. The maximum Gasteiger partial charge on any atom is 0.338 e. The SMILES string of the molecule is O=C(COC(=O)c1cccc(F)c1)Nc1ccc(N2CCOCC2)cc1. The van der Waals surface area contributed by atoms with Gasteiger partial charge in [0.1, 0.15) is 5.82 Å². The van der Waals surface area contributed by atoms with Gasteiger partial charge in [-0.3, -0.25) is 4.79 Å². The van der Waals surface area contributed by atoms with Crippen molar-refractivity contribution in [2.24, 2.45) is 0 Å². The highest BCUT2D eigenvalue weighted by atomic mass is 19.1. The predicted molar refractivity (Wildman–Crippen MR) is 94.8 cm³/mol. The zero-order chi connectivity index (χ0) is 18.4. The second kappa shape index (κ2) is 8.44. The summed E-state index contributed by atoms with van der Waals surface area (Å²) in [7, 11) is 0. The van der Waals surface area contributed by atoms with Crippen LogP contribution in [0.25, 0.3) is 0 Å². The monoisotopic (exact) mass is 358 g/mol. The van der Waals surface area contributed by atoms with E-state index in [9.17, 15) is 14.0 Å². The van der Waals surface area contributed by atoms with Crippen molar-refractivity contribution in [3.63, 3.8) is 0 Å². The summed E-state index contributed by atoms with van der Waals surface area (Å²) in [4.78, 5) is 25.9. The van der Waals surface area contributed by atoms with E-state index < -0.39 is 24.3 Å². The predicted octanol–water partition coefficient (Wildman–Crippen LogP) is 2.46. The molecular formula is C19H19FN2O4. The quantitative estimate of drug-likeness (QED) is 0.832. The molecule has 1 aliphatic rings. The van der Waals surface area contributed by atoms with Crippen molar-refractivity contribution in [2.75, 3.05) is 43.1 Å². The van der Waals surface area contributed by atoms with Crippen molar-refractivity contribution >= 4 is 23.3 Å². The first-order valence-electron chi connectivity index (χ1n) is 8.27. The molecule has 3 rings (SSSR count). The van der Waals surface area contributed by atoms with Gasteiger partial charge in [0.15, 0.2) is 6.61 Å². The molecule has 0 saturated carbocycles. The van der Waals surface area contributed by atoms with Crippen LogP contribution in [-0.2, 0) is 14.3 Å². The fraction of sp³-hybridized carbons (Fsp3) is 0.263. The molecule has 1 fully saturated rings. The third kappa shape index (κ3) is 4.80. The number of morpholine rings is 1. The van der Waals surface area contributed by atoms with Crippen LogP contribution < -0.4 is 10.2 Å². The van der Waals surface area contributed by atoms with Crippen LogP contribution in [0.3, 0.4) is 0 Å². The Hall–Kier alpha value is -2.93. The molecule has 2 aromatic rings. The van der Waals surface area contributed by atoms with Crippen LogP contribution in [0.5, 0.6) is 0 Å². The van der Waals surface area contributed by atoms with E-state index in [0.717, 1.165) is 24.8 Å². The fourth-order valence-corrected chi connectivity index (χ4v) is 2.60. The Bertz CT molecular complexity index is 773. The summed E-state index contributed by atoms with van der Waals surface area (Å²) in [5, 5.41) is 2.66. The van der Waals surface area contributed by atoms with Gasteiger partial charge in [0.2, 0.25) is 0 Å². The van der Waals surface area contributed by atoms with Crippen LogP contribution in [-0.4, -0.2) is 44.8 Å². The third-order valence-corrected chi connectivity index (χ3v) is 3.92. The molecule has 136 valence electrons. The summed E-state index contributed by atoms with van der Waals surface area (Å²) in [5.41, 5.74) is 1.73. The van der Waals surface area contributed by atoms with E-state index in [2.05, 4.69) is 10.2 Å². The van der Waals surface area contributed by atoms with Gasteiger partial charge >= 0.3 is 5.97 Å². The summed E-state index contributed by atoms with van der Waals surface area (Å²) >= 11 is 0. The lowest BCUT2D eigenvalue weighted by molar-refractivity contribution is -0.119. The first-order chi connectivity index (χ1) is 12.6. The second-order valence-electron chi connectivity index (χ2n) is 5.78. The van der Waals surface area contributed by atoms with E-state index in [1.807, 2.05) is 12.1 Å². The first kappa shape index (κ1) is 17.9. The van der Waals surface area contributed by atoms with Gasteiger partial charge in [-0.05, 0) is 42.5 Å². The zero-order valence-electron chi connectivity index (χ0n) is 14.1. The second-order valence-corrected chi connectivity index (χ2v) is 5.78. The van der Waals surface area contributed by atoms with Crippen LogP contribution >= 0.6 is 0 Å². The largest absolute Gasteiger partial charge is 0.452 e. The Kier molecular flexibility index (Phi) is 5.80. The van der Waals surface area contributed by atoms with Crippen LogP contribution in [0.1, 0.15) is 10.4 Å². The number of carbonyl (C=O) groups excluding carboxylic acids is 2. The maximum absolute atomic E-state index is 13.1. The molecule has 0 unspecified atom stereocenters. The summed E-state index contributed by atoms with van der Waals surface area (Å²) in [6.07, 6.45) is 0. The standard InChI is InChI=1S/C19H19FN2O4/c20-15-3-1-2-14(12-15)19(24)26-13-18(23)21-16-4-6-17(7-5-16)22-8-10-25-11-9-22/h1-7,12H,8-11,13H2,(H,21,23). The summed E-state index contributed by atoms with van der Waals surface area (Å²) < 4.78 is 23.3. The third-order valence-electron chi connectivity index (χ3n) is 3.92. The molecule has 1 aliphatic heterocycles. The van der Waals surface area contributed by atoms with E-state index >= 15 is 0 Å². The molecule has 0 aliphatic carbocycles. The molecule has 26 heavy (non-hydrogen) atoms. The van der Waals surface area contributed by atoms with Crippen molar-refractivity contribution in [3.05, 3.63) is 59.9 Å². The molecule has 6 nitrogen and oxygen atoms in total. The lowest BCUT2D eigenvalue weighted by atomic mass is 10.2. The minimum absolute atomic E-state index is 0.0627. The van der Waals surface area contributed by atoms with Gasteiger partial charge in [0, 0.05) is 24.5 Å². The topological polar surface area (TPSA) is 67.9 Å². The highest BCUT2D eigenvalue weighted by molar-refractivity contribution is 5.95. The molecule has 1 saturated heterocycles. The number of hydrogen-bond donors (Lipinski definition) is 1. The maximum atomic E-state index is 13.1. The molecule has 0 aromatic heterocycles. The molecule has 2 aromatic carbocycles. The van der Waals surface area contributed by atoms with Gasteiger partial charge in [0.25, 0.3) is 5.91 Å². The molecule has 0 spiro atoms. The van der Waals surface area contributed by atoms with Gasteiger partial charge < -0.3 is 19.7 Å². The highest BCUT2D eigenvalue weighted by Gasteiger charge is 2.13. The van der Waals surface area contributed by atoms with Crippen molar-refractivity contribution in [2.45, 2.75) is 0 Å². The van der Waals surface area contributed by atoms with Gasteiger partial charge in [-0.15, -0.1) is 0 Å². The molecular weight excluding hydrogens is 339 g/mol. The molecule has 7 heteroatoms. The molecule has 0 bridgehead atoms. The summed E-state index contributed by atoms with van der Waals surface area (Å²) in [5.74, 6) is -1.75. The smallest absolute Gasteiger partial charge is 0.338 e. The lowest BCUT2D eigenvalue weighted by Crippen LogP contribution is -2.36. The first-order valence-corrected chi connectivity index (χ1v) is 8.27. The van der Waals surface area contributed by atoms with E-state index in [0.29, 0.717) is 18.9 Å². The molecule has 0 atom stereocenters. The molecule has 1 amide bonds. The van der Waals surface area contributed by atoms with Gasteiger partial charge in [-0.25, -0.2) is 9.18 Å². The highest BCUT2D eigenvalue weighted by Crippen LogP contribution is 2.19. The minimum atomic E-state index is -0.748. The Labute approximate surface area is 150 Å². The number of rotatable bonds is 5. The van der Waals surface area contributed by atoms with E-state index in [1.165, 1.54) is 18.2 Å². The van der Waals surface area contributed by atoms with Crippen LogP contribution in [0, 0.1) is 5.82 Å². The Morgan fingerprint density at radius 1 is 1.12 bits per heavy atom. The van der Waals surface area contributed by atoms with E-state index in [4.69, 9.17) is 9.47 Å². The number of nitrogens with zero attached hydrogens (tertiary/aromatic N) is 1. The Balaban J connectivity index is 1.49. The van der Waals surface area contributed by atoms with Crippen molar-refractivity contribution in [1.29, 1.82) is 0 Å². The number of halogens is 1. The number of anilines is 2. The molecule has 0 radical (unpaired) electrons. The van der Waals surface area contributed by atoms with Crippen LogP contribution in [0.15, 0.2) is 48.5 Å². The van der Waals surface area contributed by atoms with Crippen molar-refractivity contribution < 1.29 is 23.5 Å². The number of esters is 1. The van der Waals surface area contributed by atoms with Crippen molar-refractivity contribution in [1.82, 2.24) is 0 Å². The van der Waals surface area contributed by atoms with Crippen LogP contribution in [0.4, 0.5) is 15.8 Å². The zero-order valence-corrected chi connectivity index (χ0v) is 14.1. The van der Waals surface area contributed by atoms with Gasteiger partial charge in [-0.2, -0.15) is 0 Å². The average molecular weight is 358 g/mol. The molecule has 1 N–H and O–H groups in total. The number of amides is 1. The number of nitrogens with one attached hydrogen (secondary N) is 1. The van der Waals surface area contributed by atoms with E-state index in [1.54, 1.807) is 12.1 Å². The normalized spacial score (nSPS) is 14.0. The van der Waals surface area contributed by atoms with Crippen molar-refractivity contribution in [3.8, 4) is 0 Å². The Morgan fingerprint density at radius 2 is 1.85 bits per heavy atom. The number of carbonyl (C=O) groups is 2. The summed E-state index contributed by atoms with van der Waals surface area (Å²) in [6.45, 7) is 2.63. The van der Waals surface area contributed by atoms with Crippen LogP contribution in [0.2, 0.25) is 0 Å². The average Bonchev–Trinajstić information content (AvgIpc) is 2.67. The fourth-order valence-electron chi connectivity index (χ4n) is 2.60. The number of hydrogen-bond acceptors (Lipinski definition) is 5. The Morgan fingerprint density at radius 3 is 2.54 bits per heavy atom. The molecule has 1 heterocycles. The van der Waals surface area contributed by atoms with Gasteiger partial charge in [-0.1, -0.05) is 6.07 Å². The lowest BCUT2D eigenvalue weighted by Gasteiger charge is -2.28.